The topological polar surface area (TPSA) is 51.5 Å². The third kappa shape index (κ3) is 4.34. The van der Waals surface area contributed by atoms with E-state index in [-0.39, 0.29) is 11.8 Å². The van der Waals surface area contributed by atoms with Crippen molar-refractivity contribution in [3.05, 3.63) is 23.7 Å². The van der Waals surface area contributed by atoms with Gasteiger partial charge in [0.05, 0.1) is 13.2 Å². The number of carbonyl (C=O) groups is 1. The van der Waals surface area contributed by atoms with Gasteiger partial charge in [0.2, 0.25) is 5.76 Å². The van der Waals surface area contributed by atoms with Crippen LogP contribution in [-0.4, -0.2) is 19.1 Å². The highest BCUT2D eigenvalue weighted by atomic mass is 16.5. The van der Waals surface area contributed by atoms with Crippen LogP contribution in [0.15, 0.2) is 16.5 Å². The molecule has 0 aliphatic heterocycles. The van der Waals surface area contributed by atoms with E-state index in [0.717, 1.165) is 11.7 Å². The van der Waals surface area contributed by atoms with E-state index in [4.69, 9.17) is 4.42 Å². The molecule has 1 unspecified atom stereocenters. The van der Waals surface area contributed by atoms with Gasteiger partial charge in [0.15, 0.2) is 0 Å². The van der Waals surface area contributed by atoms with E-state index >= 15 is 0 Å². The number of nitrogens with one attached hydrogen (secondary N) is 1. The van der Waals surface area contributed by atoms with Crippen molar-refractivity contribution in [2.75, 3.05) is 7.11 Å². The third-order valence-electron chi connectivity index (χ3n) is 4.56. The fourth-order valence-electron chi connectivity index (χ4n) is 3.22. The van der Waals surface area contributed by atoms with E-state index in [1.165, 1.54) is 45.6 Å². The van der Waals surface area contributed by atoms with Gasteiger partial charge < -0.3 is 14.5 Å². The zero-order valence-electron chi connectivity index (χ0n) is 13.4. The lowest BCUT2D eigenvalue weighted by Gasteiger charge is -2.26. The van der Waals surface area contributed by atoms with Crippen molar-refractivity contribution in [3.63, 3.8) is 0 Å². The molecule has 118 valence electrons. The van der Waals surface area contributed by atoms with Gasteiger partial charge in [-0.15, -0.1) is 0 Å². The molecule has 4 nitrogen and oxygen atoms in total. The summed E-state index contributed by atoms with van der Waals surface area (Å²) in [6, 6.07) is 4.09. The minimum atomic E-state index is -0.426. The summed E-state index contributed by atoms with van der Waals surface area (Å²) in [6.45, 7) is 4.34. The van der Waals surface area contributed by atoms with Crippen molar-refractivity contribution in [1.29, 1.82) is 0 Å². The number of furan rings is 1. The van der Waals surface area contributed by atoms with Crippen LogP contribution in [0.3, 0.4) is 0 Å². The van der Waals surface area contributed by atoms with E-state index in [2.05, 4.69) is 23.9 Å². The lowest BCUT2D eigenvalue weighted by molar-refractivity contribution is 0.0562. The number of hydrogen-bond donors (Lipinski definition) is 1. The van der Waals surface area contributed by atoms with Gasteiger partial charge in [0.1, 0.15) is 5.76 Å². The molecule has 1 heterocycles. The first kappa shape index (κ1) is 16.1. The Morgan fingerprint density at radius 1 is 1.24 bits per heavy atom. The fourth-order valence-corrected chi connectivity index (χ4v) is 3.22. The predicted molar refractivity (Wildman–Crippen MR) is 82.3 cm³/mol. The quantitative estimate of drug-likeness (QED) is 0.656. The van der Waals surface area contributed by atoms with Gasteiger partial charge in [-0.25, -0.2) is 4.79 Å². The Kier molecular flexibility index (Phi) is 5.85. The Morgan fingerprint density at radius 2 is 1.90 bits per heavy atom. The molecule has 2 rings (SSSR count). The first-order valence-corrected chi connectivity index (χ1v) is 8.06. The number of carbonyl (C=O) groups excluding carboxylic acids is 1. The molecule has 1 aromatic heterocycles. The lowest BCUT2D eigenvalue weighted by Crippen LogP contribution is -2.35. The Balaban J connectivity index is 1.91. The average Bonchev–Trinajstić information content (AvgIpc) is 2.82. The molecule has 1 aromatic rings. The molecule has 0 bridgehead atoms. The molecular weight excluding hydrogens is 266 g/mol. The summed E-state index contributed by atoms with van der Waals surface area (Å²) in [6.07, 6.45) is 8.06. The number of methoxy groups -OCH3 is 1. The van der Waals surface area contributed by atoms with E-state index in [1.54, 1.807) is 6.07 Å². The van der Waals surface area contributed by atoms with Gasteiger partial charge in [0.25, 0.3) is 0 Å². The van der Waals surface area contributed by atoms with Crippen molar-refractivity contribution in [2.45, 2.75) is 64.5 Å². The van der Waals surface area contributed by atoms with Gasteiger partial charge in [0, 0.05) is 6.04 Å². The highest BCUT2D eigenvalue weighted by molar-refractivity contribution is 5.86. The second-order valence-corrected chi connectivity index (χ2v) is 6.12. The van der Waals surface area contributed by atoms with Crippen LogP contribution >= 0.6 is 0 Å². The zero-order valence-corrected chi connectivity index (χ0v) is 13.4. The van der Waals surface area contributed by atoms with E-state index in [1.807, 2.05) is 6.07 Å². The maximum atomic E-state index is 11.4. The molecule has 1 saturated carbocycles. The van der Waals surface area contributed by atoms with Gasteiger partial charge in [-0.3, -0.25) is 0 Å². The van der Waals surface area contributed by atoms with Crippen molar-refractivity contribution < 1.29 is 13.9 Å². The van der Waals surface area contributed by atoms with Gasteiger partial charge in [-0.1, -0.05) is 25.7 Å². The van der Waals surface area contributed by atoms with E-state index < -0.39 is 5.97 Å². The molecule has 0 amide bonds. The summed E-state index contributed by atoms with van der Waals surface area (Å²) in [7, 11) is 1.36. The second-order valence-electron chi connectivity index (χ2n) is 6.12. The number of rotatable bonds is 5. The van der Waals surface area contributed by atoms with Crippen LogP contribution in [0.5, 0.6) is 0 Å². The normalized spacial score (nSPS) is 19.8. The van der Waals surface area contributed by atoms with Crippen LogP contribution in [-0.2, 0) is 4.74 Å². The molecule has 0 radical (unpaired) electrons. The molecule has 0 saturated heterocycles. The monoisotopic (exact) mass is 293 g/mol. The van der Waals surface area contributed by atoms with Crippen molar-refractivity contribution in [2.24, 2.45) is 5.92 Å². The van der Waals surface area contributed by atoms with Crippen LogP contribution in [0.2, 0.25) is 0 Å². The van der Waals surface area contributed by atoms with Crippen LogP contribution in [0.1, 0.15) is 74.7 Å². The Labute approximate surface area is 127 Å². The van der Waals surface area contributed by atoms with E-state index in [0.29, 0.717) is 6.04 Å². The summed E-state index contributed by atoms with van der Waals surface area (Å²) in [5, 5.41) is 3.62. The van der Waals surface area contributed by atoms with Gasteiger partial charge in [-0.05, 0) is 44.7 Å². The summed E-state index contributed by atoms with van der Waals surface area (Å²) in [5.74, 6) is 1.37. The molecule has 1 fully saturated rings. The number of ether oxygens (including phenoxy) is 1. The minimum absolute atomic E-state index is 0.0988. The molecular formula is C17H27NO3. The third-order valence-corrected chi connectivity index (χ3v) is 4.56. The maximum absolute atomic E-state index is 11.4. The Morgan fingerprint density at radius 3 is 2.52 bits per heavy atom. The van der Waals surface area contributed by atoms with Crippen LogP contribution < -0.4 is 5.32 Å². The number of esters is 1. The first-order valence-electron chi connectivity index (χ1n) is 8.06. The second kappa shape index (κ2) is 7.64. The Bertz CT molecular complexity index is 447. The largest absolute Gasteiger partial charge is 0.463 e. The minimum Gasteiger partial charge on any atom is -0.463 e. The molecule has 2 atom stereocenters. The molecule has 1 N–H and O–H groups in total. The summed E-state index contributed by atoms with van der Waals surface area (Å²) < 4.78 is 10.2. The molecule has 0 spiro atoms. The highest BCUT2D eigenvalue weighted by Gasteiger charge is 2.22. The summed E-state index contributed by atoms with van der Waals surface area (Å²) in [4.78, 5) is 11.4. The molecule has 1 aliphatic rings. The van der Waals surface area contributed by atoms with Crippen LogP contribution in [0.4, 0.5) is 0 Å². The fraction of sp³-hybridized carbons (Fsp3) is 0.706. The predicted octanol–water partition coefficient (Wildman–Crippen LogP) is 4.08. The van der Waals surface area contributed by atoms with Gasteiger partial charge >= 0.3 is 5.97 Å². The lowest BCUT2D eigenvalue weighted by atomic mass is 9.92. The highest BCUT2D eigenvalue weighted by Crippen LogP contribution is 2.27. The zero-order chi connectivity index (χ0) is 15.2. The number of hydrogen-bond acceptors (Lipinski definition) is 4. The van der Waals surface area contributed by atoms with Crippen LogP contribution in [0.25, 0.3) is 0 Å². The van der Waals surface area contributed by atoms with Crippen molar-refractivity contribution >= 4 is 5.97 Å². The molecule has 1 aliphatic carbocycles. The summed E-state index contributed by atoms with van der Waals surface area (Å²) in [5.41, 5.74) is 0. The standard InChI is InChI=1S/C17H27NO3/c1-12(14-8-6-4-5-7-9-14)18-13(2)15-10-11-16(21-15)17(19)20-3/h10-14,18H,4-9H2,1-3H3/t12-,13?/m1/s1. The first-order chi connectivity index (χ1) is 10.1. The van der Waals surface area contributed by atoms with Crippen LogP contribution in [0, 0.1) is 5.92 Å². The average molecular weight is 293 g/mol. The Hall–Kier alpha value is -1.29. The molecule has 4 heteroatoms. The smallest absolute Gasteiger partial charge is 0.373 e. The van der Waals surface area contributed by atoms with Crippen molar-refractivity contribution in [3.8, 4) is 0 Å². The SMILES string of the molecule is COC(=O)c1ccc(C(C)N[C@H](C)C2CCCCCC2)o1. The maximum Gasteiger partial charge on any atom is 0.373 e. The van der Waals surface area contributed by atoms with Crippen molar-refractivity contribution in [1.82, 2.24) is 5.32 Å². The van der Waals surface area contributed by atoms with Gasteiger partial charge in [-0.2, -0.15) is 0 Å². The molecule has 0 aromatic carbocycles. The summed E-state index contributed by atoms with van der Waals surface area (Å²) >= 11 is 0. The molecule has 21 heavy (non-hydrogen) atoms. The van der Waals surface area contributed by atoms with E-state index in [9.17, 15) is 4.79 Å².